The van der Waals surface area contributed by atoms with Crippen molar-refractivity contribution < 1.29 is 27.5 Å². The summed E-state index contributed by atoms with van der Waals surface area (Å²) < 4.78 is 37.2. The average Bonchev–Trinajstić information content (AvgIpc) is 2.72. The number of Topliss-reactive ketones (excluding diaryl/α,β-unsaturated/α-hetero) is 1. The fourth-order valence-electron chi connectivity index (χ4n) is 2.63. The molecule has 0 aliphatic heterocycles. The first-order valence-corrected chi connectivity index (χ1v) is 10.2. The highest BCUT2D eigenvalue weighted by atomic mass is 32.2. The van der Waals surface area contributed by atoms with Gasteiger partial charge < -0.3 is 9.47 Å². The second kappa shape index (κ2) is 9.48. The molecule has 0 amide bonds. The van der Waals surface area contributed by atoms with Crippen LogP contribution in [0.4, 0.5) is 0 Å². The predicted molar refractivity (Wildman–Crippen MR) is 104 cm³/mol. The van der Waals surface area contributed by atoms with E-state index in [4.69, 9.17) is 9.47 Å². The molecule has 2 aromatic rings. The van der Waals surface area contributed by atoms with Crippen LogP contribution in [0.1, 0.15) is 34.6 Å². The standard InChI is InChI=1S/C20H23NO6S/c1-4-21(5-2)28(24,25)19-13-16(11-12-18(19)26-3)20(23)27-14-17(22)15-9-7-6-8-10-15/h6-13H,4-5,14H2,1-3H3. The summed E-state index contributed by atoms with van der Waals surface area (Å²) in [4.78, 5) is 24.3. The Morgan fingerprint density at radius 2 is 1.61 bits per heavy atom. The Bertz CT molecular complexity index is 936. The normalized spacial score (nSPS) is 11.3. The van der Waals surface area contributed by atoms with Crippen LogP contribution in [-0.4, -0.2) is 51.3 Å². The molecule has 0 aromatic heterocycles. The third-order valence-electron chi connectivity index (χ3n) is 4.15. The van der Waals surface area contributed by atoms with Gasteiger partial charge in [-0.15, -0.1) is 0 Å². The van der Waals surface area contributed by atoms with Gasteiger partial charge >= 0.3 is 5.97 Å². The number of carbonyl (C=O) groups is 2. The smallest absolute Gasteiger partial charge is 0.338 e. The van der Waals surface area contributed by atoms with Crippen molar-refractivity contribution in [3.63, 3.8) is 0 Å². The van der Waals surface area contributed by atoms with Gasteiger partial charge in [0.15, 0.2) is 12.4 Å². The van der Waals surface area contributed by atoms with E-state index in [1.165, 1.54) is 29.6 Å². The molecule has 2 aromatic carbocycles. The van der Waals surface area contributed by atoms with Crippen LogP contribution in [0.25, 0.3) is 0 Å². The Hall–Kier alpha value is -2.71. The summed E-state index contributed by atoms with van der Waals surface area (Å²) in [5.74, 6) is -1.01. The molecule has 0 aliphatic rings. The van der Waals surface area contributed by atoms with Gasteiger partial charge in [-0.2, -0.15) is 4.31 Å². The van der Waals surface area contributed by atoms with Gasteiger partial charge in [-0.25, -0.2) is 13.2 Å². The van der Waals surface area contributed by atoms with Crippen LogP contribution in [0.5, 0.6) is 5.75 Å². The molecule has 8 heteroatoms. The van der Waals surface area contributed by atoms with E-state index >= 15 is 0 Å². The minimum absolute atomic E-state index is 0.0207. The van der Waals surface area contributed by atoms with Crippen LogP contribution in [0.2, 0.25) is 0 Å². The Balaban J connectivity index is 2.24. The van der Waals surface area contributed by atoms with Gasteiger partial charge in [-0.05, 0) is 18.2 Å². The molecule has 2 rings (SSSR count). The quantitative estimate of drug-likeness (QED) is 0.471. The summed E-state index contributed by atoms with van der Waals surface area (Å²) in [5, 5.41) is 0. The molecule has 0 aliphatic carbocycles. The number of ether oxygens (including phenoxy) is 2. The maximum absolute atomic E-state index is 12.8. The minimum atomic E-state index is -3.84. The number of methoxy groups -OCH3 is 1. The third-order valence-corrected chi connectivity index (χ3v) is 6.22. The number of hydrogen-bond donors (Lipinski definition) is 0. The number of benzene rings is 2. The molecule has 7 nitrogen and oxygen atoms in total. The number of hydrogen-bond acceptors (Lipinski definition) is 6. The van der Waals surface area contributed by atoms with E-state index in [1.807, 2.05) is 0 Å². The lowest BCUT2D eigenvalue weighted by Gasteiger charge is -2.20. The van der Waals surface area contributed by atoms with E-state index in [2.05, 4.69) is 0 Å². The molecule has 0 heterocycles. The van der Waals surface area contributed by atoms with Crippen LogP contribution in [0.15, 0.2) is 53.4 Å². The zero-order valence-electron chi connectivity index (χ0n) is 16.0. The van der Waals surface area contributed by atoms with Crippen molar-refractivity contribution in [3.8, 4) is 5.75 Å². The fourth-order valence-corrected chi connectivity index (χ4v) is 4.27. The number of nitrogens with zero attached hydrogens (tertiary/aromatic N) is 1. The Morgan fingerprint density at radius 3 is 2.18 bits per heavy atom. The van der Waals surface area contributed by atoms with E-state index in [1.54, 1.807) is 44.2 Å². The molecule has 0 spiro atoms. The summed E-state index contributed by atoms with van der Waals surface area (Å²) in [6, 6.07) is 12.4. The number of sulfonamides is 1. The maximum atomic E-state index is 12.8. The second-order valence-corrected chi connectivity index (χ2v) is 7.73. The summed E-state index contributed by atoms with van der Waals surface area (Å²) in [6.07, 6.45) is 0. The molecule has 0 atom stereocenters. The lowest BCUT2D eigenvalue weighted by atomic mass is 10.1. The number of esters is 1. The minimum Gasteiger partial charge on any atom is -0.495 e. The van der Waals surface area contributed by atoms with Gasteiger partial charge in [-0.3, -0.25) is 4.79 Å². The number of rotatable bonds is 9. The van der Waals surface area contributed by atoms with E-state index in [0.717, 1.165) is 0 Å². The SMILES string of the molecule is CCN(CC)S(=O)(=O)c1cc(C(=O)OCC(=O)c2ccccc2)ccc1OC. The highest BCUT2D eigenvalue weighted by molar-refractivity contribution is 7.89. The fraction of sp³-hybridized carbons (Fsp3) is 0.300. The largest absolute Gasteiger partial charge is 0.495 e. The number of carbonyl (C=O) groups excluding carboxylic acids is 2. The monoisotopic (exact) mass is 405 g/mol. The lowest BCUT2D eigenvalue weighted by Crippen LogP contribution is -2.31. The molecule has 0 radical (unpaired) electrons. The highest BCUT2D eigenvalue weighted by Gasteiger charge is 2.27. The van der Waals surface area contributed by atoms with Crippen molar-refractivity contribution in [2.75, 3.05) is 26.8 Å². The Morgan fingerprint density at radius 1 is 0.964 bits per heavy atom. The van der Waals surface area contributed by atoms with Crippen LogP contribution >= 0.6 is 0 Å². The van der Waals surface area contributed by atoms with Gasteiger partial charge in [-0.1, -0.05) is 44.2 Å². The maximum Gasteiger partial charge on any atom is 0.338 e. The van der Waals surface area contributed by atoms with Gasteiger partial charge in [0.1, 0.15) is 10.6 Å². The first-order chi connectivity index (χ1) is 13.3. The van der Waals surface area contributed by atoms with Crippen LogP contribution in [0, 0.1) is 0 Å². The second-order valence-electron chi connectivity index (χ2n) is 5.82. The Labute approximate surface area is 164 Å². The van der Waals surface area contributed by atoms with Crippen LogP contribution < -0.4 is 4.74 Å². The van der Waals surface area contributed by atoms with Crippen molar-refractivity contribution in [2.24, 2.45) is 0 Å². The summed E-state index contributed by atoms with van der Waals surface area (Å²) in [5.41, 5.74) is 0.447. The zero-order chi connectivity index (χ0) is 20.7. The van der Waals surface area contributed by atoms with E-state index < -0.39 is 22.6 Å². The molecule has 0 fully saturated rings. The lowest BCUT2D eigenvalue weighted by molar-refractivity contribution is 0.0474. The van der Waals surface area contributed by atoms with Crippen LogP contribution in [0.3, 0.4) is 0 Å². The van der Waals surface area contributed by atoms with Crippen molar-refractivity contribution in [1.82, 2.24) is 4.31 Å². The molecular formula is C20H23NO6S. The molecular weight excluding hydrogens is 382 g/mol. The molecule has 28 heavy (non-hydrogen) atoms. The van der Waals surface area contributed by atoms with Crippen LogP contribution in [-0.2, 0) is 14.8 Å². The zero-order valence-corrected chi connectivity index (χ0v) is 16.9. The predicted octanol–water partition coefficient (Wildman–Crippen LogP) is 2.77. The summed E-state index contributed by atoms with van der Waals surface area (Å²) in [6.45, 7) is 3.57. The molecule has 0 N–H and O–H groups in total. The van der Waals surface area contributed by atoms with Gasteiger partial charge in [0.2, 0.25) is 10.0 Å². The molecule has 150 valence electrons. The molecule has 0 bridgehead atoms. The van der Waals surface area contributed by atoms with Crippen molar-refractivity contribution in [2.45, 2.75) is 18.7 Å². The topological polar surface area (TPSA) is 90.0 Å². The first-order valence-electron chi connectivity index (χ1n) is 8.78. The molecule has 0 unspecified atom stereocenters. The number of ketones is 1. The average molecular weight is 405 g/mol. The van der Waals surface area contributed by atoms with Gasteiger partial charge in [0, 0.05) is 18.7 Å². The van der Waals surface area contributed by atoms with E-state index in [-0.39, 0.29) is 35.1 Å². The van der Waals surface area contributed by atoms with Gasteiger partial charge in [0.05, 0.1) is 12.7 Å². The highest BCUT2D eigenvalue weighted by Crippen LogP contribution is 2.28. The molecule has 0 saturated heterocycles. The first kappa shape index (κ1) is 21.6. The Kier molecular flexibility index (Phi) is 7.31. The molecule has 0 saturated carbocycles. The van der Waals surface area contributed by atoms with E-state index in [9.17, 15) is 18.0 Å². The summed E-state index contributed by atoms with van der Waals surface area (Å²) >= 11 is 0. The van der Waals surface area contributed by atoms with Crippen molar-refractivity contribution in [1.29, 1.82) is 0 Å². The summed E-state index contributed by atoms with van der Waals surface area (Å²) in [7, 11) is -2.49. The van der Waals surface area contributed by atoms with Gasteiger partial charge in [0.25, 0.3) is 0 Å². The van der Waals surface area contributed by atoms with Crippen molar-refractivity contribution >= 4 is 21.8 Å². The third kappa shape index (κ3) is 4.76. The van der Waals surface area contributed by atoms with E-state index in [0.29, 0.717) is 5.56 Å². The van der Waals surface area contributed by atoms with Crippen molar-refractivity contribution in [3.05, 3.63) is 59.7 Å².